The number of carbonyl (C=O) groups is 1. The van der Waals surface area contributed by atoms with Crippen LogP contribution in [-0.4, -0.2) is 28.0 Å². The van der Waals surface area contributed by atoms with Crippen molar-refractivity contribution in [1.29, 1.82) is 0 Å². The molecule has 0 bridgehead atoms. The molecule has 1 amide bonds. The highest BCUT2D eigenvalue weighted by Crippen LogP contribution is 2.24. The number of hydrogen-bond donors (Lipinski definition) is 1. The van der Waals surface area contributed by atoms with Crippen molar-refractivity contribution in [3.05, 3.63) is 77.3 Å². The Kier molecular flexibility index (Phi) is 4.48. The van der Waals surface area contributed by atoms with E-state index in [2.05, 4.69) is 15.5 Å². The number of ether oxygens (including phenoxy) is 1. The molecule has 0 aliphatic heterocycles. The normalized spacial score (nSPS) is 10.7. The van der Waals surface area contributed by atoms with E-state index in [4.69, 9.17) is 16.3 Å². The van der Waals surface area contributed by atoms with E-state index in [1.807, 2.05) is 36.4 Å². The van der Waals surface area contributed by atoms with Crippen LogP contribution in [0.15, 0.2) is 66.7 Å². The van der Waals surface area contributed by atoms with Gasteiger partial charge in [-0.25, -0.2) is 0 Å². The summed E-state index contributed by atoms with van der Waals surface area (Å²) in [7, 11) is 1.51. The molecule has 1 N–H and O–H groups in total. The number of rotatable bonds is 4. The summed E-state index contributed by atoms with van der Waals surface area (Å²) in [5.41, 5.74) is 3.24. The lowest BCUT2D eigenvalue weighted by Crippen LogP contribution is -2.13. The summed E-state index contributed by atoms with van der Waals surface area (Å²) in [5.74, 6) is 0.136. The molecule has 27 heavy (non-hydrogen) atoms. The number of methoxy groups -OCH3 is 1. The Balaban J connectivity index is 1.63. The smallest absolute Gasteiger partial charge is 0.259 e. The quantitative estimate of drug-likeness (QED) is 0.573. The molecule has 4 rings (SSSR count). The number of hydrogen-bond acceptors (Lipinski definition) is 4. The highest BCUT2D eigenvalue weighted by atomic mass is 35.5. The minimum Gasteiger partial charge on any atom is -0.496 e. The van der Waals surface area contributed by atoms with Gasteiger partial charge in [0, 0.05) is 10.7 Å². The van der Waals surface area contributed by atoms with Crippen LogP contribution in [0.4, 0.5) is 5.69 Å². The Morgan fingerprint density at radius 2 is 1.78 bits per heavy atom. The van der Waals surface area contributed by atoms with Gasteiger partial charge in [0.2, 0.25) is 0 Å². The third kappa shape index (κ3) is 3.47. The van der Waals surface area contributed by atoms with Crippen LogP contribution in [0.1, 0.15) is 10.4 Å². The summed E-state index contributed by atoms with van der Waals surface area (Å²) in [6.07, 6.45) is 0. The average molecular weight is 379 g/mol. The average Bonchev–Trinajstić information content (AvgIpc) is 3.12. The summed E-state index contributed by atoms with van der Waals surface area (Å²) in [6, 6.07) is 19.9. The summed E-state index contributed by atoms with van der Waals surface area (Å²) < 4.78 is 5.24. The first-order valence-corrected chi connectivity index (χ1v) is 8.59. The van der Waals surface area contributed by atoms with E-state index in [0.29, 0.717) is 27.5 Å². The molecule has 1 aromatic heterocycles. The van der Waals surface area contributed by atoms with Gasteiger partial charge in [0.15, 0.2) is 0 Å². The van der Waals surface area contributed by atoms with Crippen molar-refractivity contribution in [3.63, 3.8) is 0 Å². The molecule has 134 valence electrons. The number of para-hydroxylation sites is 1. The van der Waals surface area contributed by atoms with Crippen molar-refractivity contribution in [3.8, 4) is 11.4 Å². The maximum atomic E-state index is 12.6. The largest absolute Gasteiger partial charge is 0.496 e. The van der Waals surface area contributed by atoms with Gasteiger partial charge in [-0.3, -0.25) is 4.79 Å². The highest BCUT2D eigenvalue weighted by Gasteiger charge is 2.14. The van der Waals surface area contributed by atoms with Crippen molar-refractivity contribution in [2.24, 2.45) is 0 Å². The SMILES string of the molecule is COc1ccc(Cl)cc1C(=O)Nc1ccc2nn(-c3ccccc3)nc2c1. The predicted octanol–water partition coefficient (Wildman–Crippen LogP) is 4.33. The molecule has 0 atom stereocenters. The van der Waals surface area contributed by atoms with Gasteiger partial charge in [-0.15, -0.1) is 10.2 Å². The molecule has 0 unspecified atom stereocenters. The second-order valence-corrected chi connectivity index (χ2v) is 6.26. The van der Waals surface area contributed by atoms with Crippen molar-refractivity contribution in [1.82, 2.24) is 15.0 Å². The fourth-order valence-corrected chi connectivity index (χ4v) is 2.90. The number of aromatic nitrogens is 3. The van der Waals surface area contributed by atoms with E-state index in [1.54, 1.807) is 35.1 Å². The lowest BCUT2D eigenvalue weighted by atomic mass is 10.1. The molecular weight excluding hydrogens is 364 g/mol. The first-order valence-electron chi connectivity index (χ1n) is 8.21. The monoisotopic (exact) mass is 378 g/mol. The van der Waals surface area contributed by atoms with Crippen LogP contribution < -0.4 is 10.1 Å². The number of nitrogens with zero attached hydrogens (tertiary/aromatic N) is 3. The fraction of sp³-hybridized carbons (Fsp3) is 0.0500. The van der Waals surface area contributed by atoms with Crippen LogP contribution >= 0.6 is 11.6 Å². The Hall–Kier alpha value is -3.38. The summed E-state index contributed by atoms with van der Waals surface area (Å²) in [4.78, 5) is 14.2. The number of halogens is 1. The third-order valence-electron chi connectivity index (χ3n) is 4.03. The first kappa shape index (κ1) is 17.1. The molecule has 0 saturated carbocycles. The number of nitrogens with one attached hydrogen (secondary N) is 1. The molecule has 0 aliphatic carbocycles. The Bertz CT molecular complexity index is 1130. The molecular formula is C20H15ClN4O2. The van der Waals surface area contributed by atoms with E-state index in [1.165, 1.54) is 7.11 Å². The maximum absolute atomic E-state index is 12.6. The van der Waals surface area contributed by atoms with Crippen molar-refractivity contribution in [2.75, 3.05) is 12.4 Å². The van der Waals surface area contributed by atoms with Crippen LogP contribution in [0.2, 0.25) is 5.02 Å². The zero-order valence-electron chi connectivity index (χ0n) is 14.4. The standard InChI is InChI=1S/C20H15ClN4O2/c1-27-19-10-7-13(21)11-16(19)20(26)22-14-8-9-17-18(12-14)24-25(23-17)15-5-3-2-4-6-15/h2-12H,1H3,(H,22,26). The zero-order chi connectivity index (χ0) is 18.8. The fourth-order valence-electron chi connectivity index (χ4n) is 2.73. The molecule has 4 aromatic rings. The van der Waals surface area contributed by atoms with Gasteiger partial charge in [-0.2, -0.15) is 4.80 Å². The molecule has 3 aromatic carbocycles. The van der Waals surface area contributed by atoms with Crippen molar-refractivity contribution >= 4 is 34.2 Å². The molecule has 1 heterocycles. The highest BCUT2D eigenvalue weighted by molar-refractivity contribution is 6.31. The van der Waals surface area contributed by atoms with Crippen molar-refractivity contribution < 1.29 is 9.53 Å². The minimum atomic E-state index is -0.316. The van der Waals surface area contributed by atoms with E-state index >= 15 is 0 Å². The molecule has 0 saturated heterocycles. The maximum Gasteiger partial charge on any atom is 0.259 e. The predicted molar refractivity (Wildman–Crippen MR) is 105 cm³/mol. The van der Waals surface area contributed by atoms with Crippen molar-refractivity contribution in [2.45, 2.75) is 0 Å². The molecule has 0 fully saturated rings. The number of amides is 1. The molecule has 7 heteroatoms. The lowest BCUT2D eigenvalue weighted by molar-refractivity contribution is 0.102. The van der Waals surface area contributed by atoms with Gasteiger partial charge in [0.25, 0.3) is 5.91 Å². The molecule has 0 aliphatic rings. The van der Waals surface area contributed by atoms with Gasteiger partial charge < -0.3 is 10.1 Å². The van der Waals surface area contributed by atoms with Gasteiger partial charge in [-0.1, -0.05) is 29.8 Å². The second-order valence-electron chi connectivity index (χ2n) is 5.83. The van der Waals surface area contributed by atoms with E-state index in [0.717, 1.165) is 11.2 Å². The first-order chi connectivity index (χ1) is 13.1. The zero-order valence-corrected chi connectivity index (χ0v) is 15.1. The van der Waals surface area contributed by atoms with Gasteiger partial charge in [0.05, 0.1) is 18.4 Å². The Labute approximate surface area is 160 Å². The molecule has 0 radical (unpaired) electrons. The number of anilines is 1. The van der Waals surface area contributed by atoms with E-state index in [9.17, 15) is 4.79 Å². The van der Waals surface area contributed by atoms with E-state index in [-0.39, 0.29) is 5.91 Å². The lowest BCUT2D eigenvalue weighted by Gasteiger charge is -2.09. The Morgan fingerprint density at radius 1 is 1.00 bits per heavy atom. The van der Waals surface area contributed by atoms with Crippen LogP contribution in [0.3, 0.4) is 0 Å². The number of benzene rings is 3. The number of carbonyl (C=O) groups excluding carboxylic acids is 1. The Morgan fingerprint density at radius 3 is 2.56 bits per heavy atom. The van der Waals surface area contributed by atoms with Gasteiger partial charge >= 0.3 is 0 Å². The van der Waals surface area contributed by atoms with Gasteiger partial charge in [-0.05, 0) is 48.5 Å². The second kappa shape index (κ2) is 7.09. The van der Waals surface area contributed by atoms with Crippen LogP contribution in [0.25, 0.3) is 16.7 Å². The number of fused-ring (bicyclic) bond motifs is 1. The summed E-state index contributed by atoms with van der Waals surface area (Å²) in [6.45, 7) is 0. The van der Waals surface area contributed by atoms with Crippen LogP contribution in [-0.2, 0) is 0 Å². The molecule has 6 nitrogen and oxygen atoms in total. The van der Waals surface area contributed by atoms with Gasteiger partial charge in [0.1, 0.15) is 16.8 Å². The topological polar surface area (TPSA) is 69.0 Å². The summed E-state index contributed by atoms with van der Waals surface area (Å²) >= 11 is 6.00. The minimum absolute atomic E-state index is 0.316. The molecule has 0 spiro atoms. The summed E-state index contributed by atoms with van der Waals surface area (Å²) in [5, 5.41) is 12.2. The third-order valence-corrected chi connectivity index (χ3v) is 4.27. The van der Waals surface area contributed by atoms with Crippen LogP contribution in [0, 0.1) is 0 Å². The van der Waals surface area contributed by atoms with E-state index < -0.39 is 0 Å². The van der Waals surface area contributed by atoms with Crippen LogP contribution in [0.5, 0.6) is 5.75 Å².